The van der Waals surface area contributed by atoms with Crippen LogP contribution in [0.15, 0.2) is 87.8 Å². The normalized spacial score (nSPS) is 18.8. The van der Waals surface area contributed by atoms with Crippen molar-refractivity contribution in [3.63, 3.8) is 0 Å². The molecule has 1 N–H and O–H groups in total. The number of phenolic OH excluding ortho intramolecular Hbond substituents is 1. The van der Waals surface area contributed by atoms with Crippen molar-refractivity contribution in [2.24, 2.45) is 10.1 Å². The molecule has 37 heavy (non-hydrogen) atoms. The fourth-order valence-corrected chi connectivity index (χ4v) is 5.30. The minimum Gasteiger partial charge on any atom is -0.508 e. The van der Waals surface area contributed by atoms with Gasteiger partial charge in [-0.25, -0.2) is 5.01 Å². The van der Waals surface area contributed by atoms with Crippen LogP contribution in [-0.2, 0) is 10.2 Å². The molecule has 0 fully saturated rings. The first-order valence-electron chi connectivity index (χ1n) is 12.1. The van der Waals surface area contributed by atoms with Crippen molar-refractivity contribution in [3.05, 3.63) is 100.0 Å². The molecule has 0 spiro atoms. The molecular weight excluding hydrogens is 482 g/mol. The van der Waals surface area contributed by atoms with Crippen LogP contribution in [0.4, 0.5) is 0 Å². The molecule has 0 aliphatic carbocycles. The van der Waals surface area contributed by atoms with E-state index in [-0.39, 0.29) is 23.1 Å². The molecule has 2 aliphatic rings. The number of ether oxygens (including phenoxy) is 1. The molecule has 3 aromatic carbocycles. The number of phenols is 1. The molecule has 0 bridgehead atoms. The predicted molar refractivity (Wildman–Crippen MR) is 150 cm³/mol. The molecule has 0 aromatic heterocycles. The Labute approximate surface area is 221 Å². The van der Waals surface area contributed by atoms with Gasteiger partial charge in [0.05, 0.1) is 23.8 Å². The summed E-state index contributed by atoms with van der Waals surface area (Å²) >= 11 is 1.31. The lowest BCUT2D eigenvalue weighted by molar-refractivity contribution is -0.113. The van der Waals surface area contributed by atoms with Gasteiger partial charge >= 0.3 is 0 Å². The van der Waals surface area contributed by atoms with E-state index >= 15 is 0 Å². The van der Waals surface area contributed by atoms with Gasteiger partial charge in [-0.3, -0.25) is 4.79 Å². The number of thioether (sulfide) groups is 1. The van der Waals surface area contributed by atoms with E-state index in [4.69, 9.17) is 9.84 Å². The average molecular weight is 512 g/mol. The smallest absolute Gasteiger partial charge is 0.286 e. The predicted octanol–water partition coefficient (Wildman–Crippen LogP) is 6.52. The van der Waals surface area contributed by atoms with Crippen molar-refractivity contribution < 1.29 is 14.6 Å². The van der Waals surface area contributed by atoms with E-state index in [0.29, 0.717) is 16.5 Å². The SMILES string of the molecule is COc1ccc(C2=NN(C3=NC(=O)/C(=C/c4ccc(C(C)(C)C)cc4)S3)C(c3ccccc3O)C2)cc1. The molecule has 188 valence electrons. The number of benzene rings is 3. The minimum atomic E-state index is -0.289. The fourth-order valence-electron chi connectivity index (χ4n) is 4.38. The Kier molecular flexibility index (Phi) is 6.65. The summed E-state index contributed by atoms with van der Waals surface area (Å²) in [6.07, 6.45) is 2.43. The highest BCUT2D eigenvalue weighted by molar-refractivity contribution is 8.18. The number of amidine groups is 1. The molecule has 6 nitrogen and oxygen atoms in total. The lowest BCUT2D eigenvalue weighted by Gasteiger charge is -2.23. The average Bonchev–Trinajstić information content (AvgIpc) is 3.48. The van der Waals surface area contributed by atoms with Crippen LogP contribution in [-0.4, -0.2) is 34.0 Å². The van der Waals surface area contributed by atoms with Crippen LogP contribution in [0.1, 0.15) is 55.5 Å². The number of nitrogens with zero attached hydrogens (tertiary/aromatic N) is 3. The van der Waals surface area contributed by atoms with Crippen LogP contribution in [0, 0.1) is 0 Å². The van der Waals surface area contributed by atoms with Crippen molar-refractivity contribution in [2.45, 2.75) is 38.6 Å². The lowest BCUT2D eigenvalue weighted by Crippen LogP contribution is -2.23. The van der Waals surface area contributed by atoms with Crippen molar-refractivity contribution in [1.29, 1.82) is 0 Å². The lowest BCUT2D eigenvalue weighted by atomic mass is 9.87. The molecule has 0 saturated carbocycles. The second-order valence-electron chi connectivity index (χ2n) is 10.1. The Balaban J connectivity index is 1.45. The first-order chi connectivity index (χ1) is 17.7. The first-order valence-corrected chi connectivity index (χ1v) is 13.0. The van der Waals surface area contributed by atoms with Crippen LogP contribution in [0.25, 0.3) is 6.08 Å². The van der Waals surface area contributed by atoms with Gasteiger partial charge in [0.2, 0.25) is 0 Å². The summed E-state index contributed by atoms with van der Waals surface area (Å²) in [5.41, 5.74) is 4.78. The summed E-state index contributed by atoms with van der Waals surface area (Å²) in [6, 6.07) is 22.9. The quantitative estimate of drug-likeness (QED) is 0.404. The van der Waals surface area contributed by atoms with Crippen LogP contribution < -0.4 is 4.74 Å². The summed E-state index contributed by atoms with van der Waals surface area (Å²) in [6.45, 7) is 6.53. The maximum Gasteiger partial charge on any atom is 0.286 e. The Morgan fingerprint density at radius 1 is 1.03 bits per heavy atom. The maximum atomic E-state index is 12.9. The van der Waals surface area contributed by atoms with Crippen LogP contribution in [0.5, 0.6) is 11.5 Å². The van der Waals surface area contributed by atoms with E-state index in [1.54, 1.807) is 24.3 Å². The number of aromatic hydroxyl groups is 1. The summed E-state index contributed by atoms with van der Waals surface area (Å²) in [5.74, 6) is 0.667. The zero-order chi connectivity index (χ0) is 26.2. The zero-order valence-corrected chi connectivity index (χ0v) is 22.1. The molecule has 3 aromatic rings. The number of rotatable bonds is 4. The molecule has 0 saturated heterocycles. The van der Waals surface area contributed by atoms with Gasteiger partial charge in [0.15, 0.2) is 5.17 Å². The second-order valence-corrected chi connectivity index (χ2v) is 11.1. The van der Waals surface area contributed by atoms with E-state index in [1.165, 1.54) is 17.3 Å². The summed E-state index contributed by atoms with van der Waals surface area (Å²) in [7, 11) is 1.63. The summed E-state index contributed by atoms with van der Waals surface area (Å²) in [4.78, 5) is 17.8. The molecule has 2 aliphatic heterocycles. The molecule has 5 rings (SSSR count). The van der Waals surface area contributed by atoms with Crippen LogP contribution in [0.3, 0.4) is 0 Å². The molecule has 2 heterocycles. The molecule has 7 heteroatoms. The molecular formula is C30H29N3O3S. The Morgan fingerprint density at radius 2 is 1.73 bits per heavy atom. The van der Waals surface area contributed by atoms with Crippen molar-refractivity contribution in [2.75, 3.05) is 7.11 Å². The summed E-state index contributed by atoms with van der Waals surface area (Å²) < 4.78 is 5.29. The number of hydrogen-bond donors (Lipinski definition) is 1. The molecule has 1 atom stereocenters. The molecule has 1 amide bonds. The van der Waals surface area contributed by atoms with E-state index < -0.39 is 0 Å². The highest BCUT2D eigenvalue weighted by atomic mass is 32.2. The molecule has 1 unspecified atom stereocenters. The Morgan fingerprint density at radius 3 is 2.38 bits per heavy atom. The van der Waals surface area contributed by atoms with Gasteiger partial charge in [0, 0.05) is 12.0 Å². The van der Waals surface area contributed by atoms with Crippen LogP contribution >= 0.6 is 11.8 Å². The van der Waals surface area contributed by atoms with E-state index in [1.807, 2.05) is 54.6 Å². The van der Waals surface area contributed by atoms with Crippen molar-refractivity contribution in [1.82, 2.24) is 5.01 Å². The number of hydrogen-bond acceptors (Lipinski definition) is 6. The maximum absolute atomic E-state index is 12.9. The van der Waals surface area contributed by atoms with Gasteiger partial charge in [-0.05, 0) is 70.3 Å². The number of para-hydroxylation sites is 1. The van der Waals surface area contributed by atoms with E-state index in [2.05, 4.69) is 37.9 Å². The van der Waals surface area contributed by atoms with Gasteiger partial charge in [-0.15, -0.1) is 0 Å². The van der Waals surface area contributed by atoms with Crippen LogP contribution in [0.2, 0.25) is 0 Å². The minimum absolute atomic E-state index is 0.0627. The van der Waals surface area contributed by atoms with Gasteiger partial charge in [0.25, 0.3) is 5.91 Å². The number of hydrazone groups is 1. The van der Waals surface area contributed by atoms with E-state index in [9.17, 15) is 9.90 Å². The monoisotopic (exact) mass is 511 g/mol. The number of carbonyl (C=O) groups is 1. The Bertz CT molecular complexity index is 1420. The van der Waals surface area contributed by atoms with Gasteiger partial charge in [0.1, 0.15) is 11.5 Å². The fraction of sp³-hybridized carbons (Fsp3) is 0.233. The number of methoxy groups -OCH3 is 1. The number of carbonyl (C=O) groups excluding carboxylic acids is 1. The highest BCUT2D eigenvalue weighted by Gasteiger charge is 2.37. The number of aliphatic imine (C=N–C) groups is 1. The first kappa shape index (κ1) is 24.8. The van der Waals surface area contributed by atoms with Crippen molar-refractivity contribution >= 4 is 34.6 Å². The highest BCUT2D eigenvalue weighted by Crippen LogP contribution is 2.42. The van der Waals surface area contributed by atoms with E-state index in [0.717, 1.165) is 28.2 Å². The number of amides is 1. The van der Waals surface area contributed by atoms with Crippen molar-refractivity contribution in [3.8, 4) is 11.5 Å². The third-order valence-electron chi connectivity index (χ3n) is 6.51. The summed E-state index contributed by atoms with van der Waals surface area (Å²) in [5, 5.41) is 17.8. The molecule has 0 radical (unpaired) electrons. The third-order valence-corrected chi connectivity index (χ3v) is 7.48. The van der Waals surface area contributed by atoms with Gasteiger partial charge < -0.3 is 9.84 Å². The topological polar surface area (TPSA) is 74.5 Å². The Hall–Kier alpha value is -3.84. The third kappa shape index (κ3) is 5.18. The largest absolute Gasteiger partial charge is 0.508 e. The standard InChI is InChI=1S/C30H29N3O3S/c1-30(2,3)21-13-9-19(10-14-21)17-27-28(35)31-29(37-27)33-25(23-7-5-6-8-26(23)34)18-24(32-33)20-11-15-22(36-4)16-12-20/h5-17,25,34H,18H2,1-4H3/b27-17-. The zero-order valence-electron chi connectivity index (χ0n) is 21.3. The van der Waals surface area contributed by atoms with Gasteiger partial charge in [-0.1, -0.05) is 63.2 Å². The van der Waals surface area contributed by atoms with Gasteiger partial charge in [-0.2, -0.15) is 10.1 Å². The second kappa shape index (κ2) is 9.90.